The molecule has 0 aliphatic carbocycles. The number of nitrogens with zero attached hydrogens (tertiary/aromatic N) is 5. The van der Waals surface area contributed by atoms with Crippen LogP contribution in [0.4, 0.5) is 0 Å². The molecule has 3 saturated heterocycles. The summed E-state index contributed by atoms with van der Waals surface area (Å²) < 4.78 is 1.98. The van der Waals surface area contributed by atoms with Gasteiger partial charge >= 0.3 is 0 Å². The number of amides is 1. The molecule has 0 saturated carbocycles. The second kappa shape index (κ2) is 9.83. The van der Waals surface area contributed by atoms with Crippen molar-refractivity contribution in [2.45, 2.75) is 42.6 Å². The third kappa shape index (κ3) is 5.02. The van der Waals surface area contributed by atoms with Gasteiger partial charge in [-0.15, -0.1) is 16.9 Å². The van der Waals surface area contributed by atoms with Crippen molar-refractivity contribution in [1.82, 2.24) is 30.2 Å². The number of carbonyl (C=O) groups is 1. The average molecular weight is 449 g/mol. The fourth-order valence-corrected chi connectivity index (χ4v) is 5.63. The minimum atomic E-state index is 0.0743. The van der Waals surface area contributed by atoms with Crippen molar-refractivity contribution < 1.29 is 4.79 Å². The summed E-state index contributed by atoms with van der Waals surface area (Å²) in [6.07, 6.45) is 7.75. The van der Waals surface area contributed by atoms with E-state index in [1.54, 1.807) is 24.2 Å². The van der Waals surface area contributed by atoms with Gasteiger partial charge in [-0.1, -0.05) is 29.5 Å². The van der Waals surface area contributed by atoms with Crippen LogP contribution in [-0.4, -0.2) is 49.9 Å². The normalized spacial score (nSPS) is 24.4. The van der Waals surface area contributed by atoms with Crippen LogP contribution in [0.25, 0.3) is 0 Å². The van der Waals surface area contributed by atoms with E-state index in [2.05, 4.69) is 56.0 Å². The minimum absolute atomic E-state index is 0.0743. The molecular weight excluding hydrogens is 420 g/mol. The standard InChI is InChI=1S/C24H28N6OS/c31-24(26-13-18-5-4-9-25-12-18)23-16-29-10-8-19(23)11-21(29)15-30-14-20(27-28-30)17-32-22-6-2-1-3-7-22/h1-7,9,12,14,19,21,23H,8,10-11,13,15-17H2,(H,26,31)/t19?,21-,23+/m1/s1. The molecule has 0 spiro atoms. The highest BCUT2D eigenvalue weighted by Crippen LogP contribution is 2.37. The van der Waals surface area contributed by atoms with Crippen molar-refractivity contribution >= 4 is 17.7 Å². The molecule has 3 aromatic rings. The smallest absolute Gasteiger partial charge is 0.224 e. The van der Waals surface area contributed by atoms with Crippen molar-refractivity contribution in [2.24, 2.45) is 11.8 Å². The molecule has 8 heteroatoms. The quantitative estimate of drug-likeness (QED) is 0.534. The molecule has 6 rings (SSSR count). The van der Waals surface area contributed by atoms with Crippen LogP contribution in [0.15, 0.2) is 66.0 Å². The zero-order valence-corrected chi connectivity index (χ0v) is 18.8. The van der Waals surface area contributed by atoms with Gasteiger partial charge in [-0.05, 0) is 49.1 Å². The van der Waals surface area contributed by atoms with Crippen LogP contribution in [0, 0.1) is 11.8 Å². The van der Waals surface area contributed by atoms with E-state index >= 15 is 0 Å². The Hall–Kier alpha value is -2.71. The van der Waals surface area contributed by atoms with E-state index in [1.165, 1.54) is 4.90 Å². The molecule has 2 bridgehead atoms. The Balaban J connectivity index is 1.12. The van der Waals surface area contributed by atoms with E-state index < -0.39 is 0 Å². The van der Waals surface area contributed by atoms with Crippen molar-refractivity contribution in [3.05, 3.63) is 72.3 Å². The number of piperidine rings is 3. The zero-order valence-electron chi connectivity index (χ0n) is 18.0. The average Bonchev–Trinajstić information content (AvgIpc) is 3.30. The summed E-state index contributed by atoms with van der Waals surface area (Å²) in [7, 11) is 0. The van der Waals surface area contributed by atoms with Gasteiger partial charge in [-0.3, -0.25) is 19.4 Å². The number of pyridine rings is 1. The second-order valence-corrected chi connectivity index (χ2v) is 9.70. The molecule has 2 aromatic heterocycles. The van der Waals surface area contributed by atoms with Gasteiger partial charge in [0, 0.05) is 48.4 Å². The summed E-state index contributed by atoms with van der Waals surface area (Å²) >= 11 is 1.78. The maximum absolute atomic E-state index is 12.8. The Kier molecular flexibility index (Phi) is 6.50. The van der Waals surface area contributed by atoms with Gasteiger partial charge in [0.1, 0.15) is 0 Å². The minimum Gasteiger partial charge on any atom is -0.352 e. The summed E-state index contributed by atoms with van der Waals surface area (Å²) in [6, 6.07) is 14.7. The van der Waals surface area contributed by atoms with Crippen molar-refractivity contribution in [3.8, 4) is 0 Å². The fourth-order valence-electron chi connectivity index (χ4n) is 4.83. The molecule has 3 aliphatic rings. The van der Waals surface area contributed by atoms with Gasteiger partial charge in [0.15, 0.2) is 0 Å². The number of carbonyl (C=O) groups excluding carboxylic acids is 1. The van der Waals surface area contributed by atoms with Crippen LogP contribution in [-0.2, 0) is 23.6 Å². The Morgan fingerprint density at radius 1 is 1.19 bits per heavy atom. The monoisotopic (exact) mass is 448 g/mol. The van der Waals surface area contributed by atoms with E-state index in [0.29, 0.717) is 18.5 Å². The number of thioether (sulfide) groups is 1. The van der Waals surface area contributed by atoms with E-state index in [4.69, 9.17) is 0 Å². The number of aromatic nitrogens is 4. The molecule has 0 radical (unpaired) electrons. The maximum atomic E-state index is 12.8. The van der Waals surface area contributed by atoms with Crippen LogP contribution in [0.5, 0.6) is 0 Å². The molecule has 1 N–H and O–H groups in total. The first kappa shape index (κ1) is 21.2. The summed E-state index contributed by atoms with van der Waals surface area (Å²) in [5, 5.41) is 11.8. The summed E-state index contributed by atoms with van der Waals surface area (Å²) in [5.74, 6) is 1.50. The van der Waals surface area contributed by atoms with E-state index in [9.17, 15) is 4.79 Å². The molecule has 166 valence electrons. The van der Waals surface area contributed by atoms with Crippen LogP contribution in [0.3, 0.4) is 0 Å². The number of nitrogens with one attached hydrogen (secondary N) is 1. The predicted octanol–water partition coefficient (Wildman–Crippen LogP) is 2.99. The SMILES string of the molecule is O=C(NCc1cccnc1)[C@H]1CN2CCC1C[C@@H]2Cn1cc(CSc2ccccc2)nn1. The Morgan fingerprint density at radius 3 is 2.88 bits per heavy atom. The number of hydrogen-bond donors (Lipinski definition) is 1. The lowest BCUT2D eigenvalue weighted by Crippen LogP contribution is -2.58. The lowest BCUT2D eigenvalue weighted by Gasteiger charge is -2.49. The Morgan fingerprint density at radius 2 is 2.09 bits per heavy atom. The van der Waals surface area contributed by atoms with Crippen LogP contribution in [0.2, 0.25) is 0 Å². The predicted molar refractivity (Wildman–Crippen MR) is 124 cm³/mol. The Labute approximate surface area is 192 Å². The van der Waals surface area contributed by atoms with Crippen molar-refractivity contribution in [1.29, 1.82) is 0 Å². The Bertz CT molecular complexity index is 1030. The van der Waals surface area contributed by atoms with Crippen LogP contribution < -0.4 is 5.32 Å². The summed E-state index contributed by atoms with van der Waals surface area (Å²) in [4.78, 5) is 20.7. The summed E-state index contributed by atoms with van der Waals surface area (Å²) in [6.45, 7) is 3.28. The van der Waals surface area contributed by atoms with Gasteiger partial charge in [-0.25, -0.2) is 0 Å². The van der Waals surface area contributed by atoms with E-state index in [1.807, 2.05) is 22.9 Å². The lowest BCUT2D eigenvalue weighted by atomic mass is 9.75. The first-order valence-electron chi connectivity index (χ1n) is 11.2. The molecule has 32 heavy (non-hydrogen) atoms. The van der Waals surface area contributed by atoms with Crippen molar-refractivity contribution in [3.63, 3.8) is 0 Å². The molecule has 3 aliphatic heterocycles. The first-order chi connectivity index (χ1) is 15.7. The largest absolute Gasteiger partial charge is 0.352 e. The van der Waals surface area contributed by atoms with Gasteiger partial charge in [0.05, 0.1) is 18.2 Å². The lowest BCUT2D eigenvalue weighted by molar-refractivity contribution is -0.133. The summed E-state index contributed by atoms with van der Waals surface area (Å²) in [5.41, 5.74) is 2.04. The number of rotatable bonds is 8. The fraction of sp³-hybridized carbons (Fsp3) is 0.417. The van der Waals surface area contributed by atoms with Gasteiger partial charge in [0.25, 0.3) is 0 Å². The van der Waals surface area contributed by atoms with E-state index in [0.717, 1.165) is 49.5 Å². The molecule has 5 heterocycles. The van der Waals surface area contributed by atoms with Gasteiger partial charge < -0.3 is 5.32 Å². The third-order valence-electron chi connectivity index (χ3n) is 6.52. The molecule has 7 nitrogen and oxygen atoms in total. The number of fused-ring (bicyclic) bond motifs is 3. The van der Waals surface area contributed by atoms with Crippen LogP contribution >= 0.6 is 11.8 Å². The maximum Gasteiger partial charge on any atom is 0.224 e. The molecule has 3 fully saturated rings. The molecule has 1 amide bonds. The van der Waals surface area contributed by atoms with Crippen molar-refractivity contribution in [2.75, 3.05) is 13.1 Å². The highest BCUT2D eigenvalue weighted by Gasteiger charge is 2.43. The van der Waals surface area contributed by atoms with Gasteiger partial charge in [-0.2, -0.15) is 0 Å². The molecule has 1 aromatic carbocycles. The molecule has 4 atom stereocenters. The topological polar surface area (TPSA) is 75.9 Å². The number of benzene rings is 1. The van der Waals surface area contributed by atoms with Gasteiger partial charge in [0.2, 0.25) is 5.91 Å². The zero-order chi connectivity index (χ0) is 21.8. The van der Waals surface area contributed by atoms with Crippen LogP contribution in [0.1, 0.15) is 24.1 Å². The van der Waals surface area contributed by atoms with E-state index in [-0.39, 0.29) is 11.8 Å². The highest BCUT2D eigenvalue weighted by molar-refractivity contribution is 7.98. The molecule has 2 unspecified atom stereocenters. The third-order valence-corrected chi connectivity index (χ3v) is 7.56. The second-order valence-electron chi connectivity index (χ2n) is 8.65. The molecular formula is C24H28N6OS. The first-order valence-corrected chi connectivity index (χ1v) is 12.2. The number of hydrogen-bond acceptors (Lipinski definition) is 6. The highest BCUT2D eigenvalue weighted by atomic mass is 32.2.